The maximum atomic E-state index is 5.74. The van der Waals surface area contributed by atoms with E-state index < -0.39 is 0 Å². The van der Waals surface area contributed by atoms with Crippen LogP contribution in [0.15, 0.2) is 12.3 Å². The maximum Gasteiger partial charge on any atom is 0.161 e. The van der Waals surface area contributed by atoms with Gasteiger partial charge >= 0.3 is 0 Å². The van der Waals surface area contributed by atoms with E-state index in [1.807, 2.05) is 32.1 Å². The number of hydrogen-bond donors (Lipinski definition) is 1. The molecule has 0 radical (unpaired) electrons. The van der Waals surface area contributed by atoms with Gasteiger partial charge in [0, 0.05) is 27.2 Å². The second-order valence-electron chi connectivity index (χ2n) is 4.00. The van der Waals surface area contributed by atoms with Crippen LogP contribution in [0.2, 0.25) is 0 Å². The largest absolute Gasteiger partial charge is 0.487 e. The Balaban J connectivity index is 2.21. The van der Waals surface area contributed by atoms with Crippen molar-refractivity contribution in [2.75, 3.05) is 31.4 Å². The number of pyridine rings is 1. The fourth-order valence-electron chi connectivity index (χ4n) is 1.33. The van der Waals surface area contributed by atoms with E-state index in [0.29, 0.717) is 6.10 Å². The van der Waals surface area contributed by atoms with Gasteiger partial charge in [-0.3, -0.25) is 0 Å². The molecule has 0 spiro atoms. The fourth-order valence-corrected chi connectivity index (χ4v) is 1.33. The topological polar surface area (TPSA) is 37.4 Å². The average molecular weight is 207 g/mol. The van der Waals surface area contributed by atoms with E-state index in [1.165, 1.54) is 12.8 Å². The Kier molecular flexibility index (Phi) is 2.66. The zero-order valence-electron chi connectivity index (χ0n) is 9.45. The van der Waals surface area contributed by atoms with Crippen LogP contribution in [0.4, 0.5) is 11.5 Å². The third-order valence-corrected chi connectivity index (χ3v) is 2.40. The Hall–Kier alpha value is -1.45. The van der Waals surface area contributed by atoms with Crippen molar-refractivity contribution in [3.05, 3.63) is 12.3 Å². The molecule has 1 fully saturated rings. The van der Waals surface area contributed by atoms with E-state index in [1.54, 1.807) is 6.20 Å². The van der Waals surface area contributed by atoms with Gasteiger partial charge in [-0.2, -0.15) is 0 Å². The Morgan fingerprint density at radius 2 is 2.20 bits per heavy atom. The van der Waals surface area contributed by atoms with Crippen LogP contribution in [0.5, 0.6) is 5.75 Å². The Morgan fingerprint density at radius 1 is 1.47 bits per heavy atom. The minimum absolute atomic E-state index is 0.407. The van der Waals surface area contributed by atoms with Crippen LogP contribution in [0, 0.1) is 0 Å². The monoisotopic (exact) mass is 207 g/mol. The summed E-state index contributed by atoms with van der Waals surface area (Å²) < 4.78 is 5.74. The predicted octanol–water partition coefficient (Wildman–Crippen LogP) is 1.73. The van der Waals surface area contributed by atoms with Crippen molar-refractivity contribution in [1.29, 1.82) is 0 Å². The number of nitrogens with one attached hydrogen (secondary N) is 1. The van der Waals surface area contributed by atoms with E-state index in [9.17, 15) is 0 Å². The molecule has 1 aliphatic rings. The standard InChI is InChI=1S/C11H17N3O/c1-12-9-6-11(14(2)3)13-7-10(9)15-8-4-5-8/h6-8H,4-5H2,1-3H3,(H,12,13). The number of ether oxygens (including phenoxy) is 1. The molecule has 0 atom stereocenters. The van der Waals surface area contributed by atoms with Crippen molar-refractivity contribution in [2.24, 2.45) is 0 Å². The van der Waals surface area contributed by atoms with Gasteiger partial charge in [-0.15, -0.1) is 0 Å². The van der Waals surface area contributed by atoms with Crippen LogP contribution < -0.4 is 15.0 Å². The molecule has 1 heterocycles. The highest BCUT2D eigenvalue weighted by atomic mass is 16.5. The number of aromatic nitrogens is 1. The van der Waals surface area contributed by atoms with Crippen molar-refractivity contribution in [1.82, 2.24) is 4.98 Å². The van der Waals surface area contributed by atoms with E-state index in [0.717, 1.165) is 17.3 Å². The highest BCUT2D eigenvalue weighted by Gasteiger charge is 2.24. The lowest BCUT2D eigenvalue weighted by Crippen LogP contribution is -2.11. The van der Waals surface area contributed by atoms with Crippen molar-refractivity contribution in [2.45, 2.75) is 18.9 Å². The number of nitrogens with zero attached hydrogens (tertiary/aromatic N) is 2. The van der Waals surface area contributed by atoms with E-state index in [4.69, 9.17) is 4.74 Å². The van der Waals surface area contributed by atoms with Gasteiger partial charge in [0.05, 0.1) is 18.0 Å². The molecular weight excluding hydrogens is 190 g/mol. The Labute approximate surface area is 90.3 Å². The molecule has 0 aromatic carbocycles. The highest BCUT2D eigenvalue weighted by Crippen LogP contribution is 2.32. The lowest BCUT2D eigenvalue weighted by atomic mass is 10.3. The molecule has 4 nitrogen and oxygen atoms in total. The maximum absolute atomic E-state index is 5.74. The van der Waals surface area contributed by atoms with E-state index in [-0.39, 0.29) is 0 Å². The smallest absolute Gasteiger partial charge is 0.161 e. The van der Waals surface area contributed by atoms with Gasteiger partial charge in [-0.25, -0.2) is 4.98 Å². The van der Waals surface area contributed by atoms with Gasteiger partial charge in [0.25, 0.3) is 0 Å². The molecule has 0 aliphatic heterocycles. The fraction of sp³-hybridized carbons (Fsp3) is 0.545. The molecule has 0 unspecified atom stereocenters. The van der Waals surface area contributed by atoms with Crippen molar-refractivity contribution < 1.29 is 4.74 Å². The lowest BCUT2D eigenvalue weighted by molar-refractivity contribution is 0.303. The van der Waals surface area contributed by atoms with Crippen molar-refractivity contribution >= 4 is 11.5 Å². The zero-order valence-corrected chi connectivity index (χ0v) is 9.45. The first kappa shape index (κ1) is 10.1. The molecule has 1 aromatic heterocycles. The van der Waals surface area contributed by atoms with Gasteiger partial charge in [0.15, 0.2) is 5.75 Å². The summed E-state index contributed by atoms with van der Waals surface area (Å²) >= 11 is 0. The van der Waals surface area contributed by atoms with Gasteiger partial charge < -0.3 is 15.0 Å². The summed E-state index contributed by atoms with van der Waals surface area (Å²) in [5.74, 6) is 1.79. The summed E-state index contributed by atoms with van der Waals surface area (Å²) in [6, 6.07) is 2.00. The summed E-state index contributed by atoms with van der Waals surface area (Å²) in [6.45, 7) is 0. The first-order chi connectivity index (χ1) is 7.20. The van der Waals surface area contributed by atoms with Gasteiger partial charge in [-0.05, 0) is 12.8 Å². The second kappa shape index (κ2) is 3.96. The number of rotatable bonds is 4. The first-order valence-corrected chi connectivity index (χ1v) is 5.22. The van der Waals surface area contributed by atoms with Crippen LogP contribution in [0.1, 0.15) is 12.8 Å². The van der Waals surface area contributed by atoms with Crippen molar-refractivity contribution in [3.63, 3.8) is 0 Å². The van der Waals surface area contributed by atoms with Crippen LogP contribution in [-0.2, 0) is 0 Å². The molecule has 1 aliphatic carbocycles. The SMILES string of the molecule is CNc1cc(N(C)C)ncc1OC1CC1. The van der Waals surface area contributed by atoms with Crippen LogP contribution in [-0.4, -0.2) is 32.2 Å². The normalized spacial score (nSPS) is 14.9. The Bertz CT molecular complexity index is 348. The third-order valence-electron chi connectivity index (χ3n) is 2.40. The third kappa shape index (κ3) is 2.32. The van der Waals surface area contributed by atoms with Crippen molar-refractivity contribution in [3.8, 4) is 5.75 Å². The van der Waals surface area contributed by atoms with Gasteiger partial charge in [-0.1, -0.05) is 0 Å². The summed E-state index contributed by atoms with van der Waals surface area (Å²) in [5, 5.41) is 3.13. The molecule has 82 valence electrons. The van der Waals surface area contributed by atoms with Gasteiger partial charge in [0.1, 0.15) is 5.82 Å². The lowest BCUT2D eigenvalue weighted by Gasteiger charge is -2.15. The first-order valence-electron chi connectivity index (χ1n) is 5.22. The van der Waals surface area contributed by atoms with Crippen LogP contribution >= 0.6 is 0 Å². The van der Waals surface area contributed by atoms with Crippen LogP contribution in [0.3, 0.4) is 0 Å². The number of hydrogen-bond acceptors (Lipinski definition) is 4. The predicted molar refractivity (Wildman–Crippen MR) is 61.8 cm³/mol. The quantitative estimate of drug-likeness (QED) is 0.816. The molecule has 0 bridgehead atoms. The van der Waals surface area contributed by atoms with E-state index >= 15 is 0 Å². The molecule has 4 heteroatoms. The molecule has 0 amide bonds. The molecule has 1 saturated carbocycles. The minimum atomic E-state index is 0.407. The van der Waals surface area contributed by atoms with Crippen LogP contribution in [0.25, 0.3) is 0 Å². The summed E-state index contributed by atoms with van der Waals surface area (Å²) in [6.07, 6.45) is 4.53. The highest BCUT2D eigenvalue weighted by molar-refractivity contribution is 5.61. The summed E-state index contributed by atoms with van der Waals surface area (Å²) in [7, 11) is 5.85. The Morgan fingerprint density at radius 3 is 2.73 bits per heavy atom. The molecular formula is C11H17N3O. The zero-order chi connectivity index (χ0) is 10.8. The summed E-state index contributed by atoms with van der Waals surface area (Å²) in [5.41, 5.74) is 1.00. The minimum Gasteiger partial charge on any atom is -0.487 e. The summed E-state index contributed by atoms with van der Waals surface area (Å²) in [4.78, 5) is 6.30. The number of anilines is 2. The molecule has 15 heavy (non-hydrogen) atoms. The van der Waals surface area contributed by atoms with E-state index in [2.05, 4.69) is 10.3 Å². The molecule has 1 aromatic rings. The average Bonchev–Trinajstić information content (AvgIpc) is 3.02. The molecule has 1 N–H and O–H groups in total. The molecule has 0 saturated heterocycles. The van der Waals surface area contributed by atoms with Gasteiger partial charge in [0.2, 0.25) is 0 Å². The second-order valence-corrected chi connectivity index (χ2v) is 4.00. The molecule has 2 rings (SSSR count).